The van der Waals surface area contributed by atoms with E-state index in [9.17, 15) is 0 Å². The van der Waals surface area contributed by atoms with Gasteiger partial charge in [0.2, 0.25) is 0 Å². The lowest BCUT2D eigenvalue weighted by molar-refractivity contribution is 0.0799. The zero-order valence-electron chi connectivity index (χ0n) is 8.05. The van der Waals surface area contributed by atoms with Gasteiger partial charge in [0.25, 0.3) is 0 Å². The molecule has 1 saturated carbocycles. The van der Waals surface area contributed by atoms with Crippen molar-refractivity contribution in [2.75, 3.05) is 13.2 Å². The molecule has 1 nitrogen and oxygen atoms in total. The van der Waals surface area contributed by atoms with Crippen molar-refractivity contribution in [3.8, 4) is 0 Å². The number of hydrogen-bond acceptors (Lipinski definition) is 1. The minimum atomic E-state index is 0.472. The van der Waals surface area contributed by atoms with Crippen LogP contribution in [0.15, 0.2) is 12.2 Å². The topological polar surface area (TPSA) is 9.23 Å². The van der Waals surface area contributed by atoms with Crippen LogP contribution in [0.4, 0.5) is 0 Å². The van der Waals surface area contributed by atoms with E-state index in [2.05, 4.69) is 26.0 Å². The van der Waals surface area contributed by atoms with Crippen molar-refractivity contribution in [1.82, 2.24) is 0 Å². The molecule has 1 fully saturated rings. The van der Waals surface area contributed by atoms with Gasteiger partial charge in [-0.3, -0.25) is 0 Å². The summed E-state index contributed by atoms with van der Waals surface area (Å²) < 4.78 is 5.50. The van der Waals surface area contributed by atoms with Gasteiger partial charge in [0.05, 0.1) is 6.61 Å². The molecule has 0 N–H and O–H groups in total. The summed E-state index contributed by atoms with van der Waals surface area (Å²) in [5.74, 6) is 1.65. The molecule has 0 aromatic carbocycles. The molecule has 1 heteroatoms. The normalized spacial score (nSPS) is 44.2. The summed E-state index contributed by atoms with van der Waals surface area (Å²) >= 11 is 0. The van der Waals surface area contributed by atoms with Crippen LogP contribution in [-0.4, -0.2) is 13.2 Å². The first-order chi connectivity index (χ1) is 5.74. The summed E-state index contributed by atoms with van der Waals surface area (Å²) in [4.78, 5) is 0. The Morgan fingerprint density at radius 2 is 2.42 bits per heavy atom. The molecule has 0 aromatic heterocycles. The molecule has 0 amide bonds. The van der Waals surface area contributed by atoms with Crippen LogP contribution in [0.5, 0.6) is 0 Å². The second-order valence-corrected chi connectivity index (χ2v) is 4.42. The number of allylic oxidation sites excluding steroid dienone is 2. The first-order valence-electron chi connectivity index (χ1n) is 5.02. The van der Waals surface area contributed by atoms with Gasteiger partial charge in [0, 0.05) is 6.61 Å². The van der Waals surface area contributed by atoms with Crippen molar-refractivity contribution >= 4 is 0 Å². The SMILES string of the molecule is CCOCC1CC2C=CC1(C)C2. The molecule has 3 atom stereocenters. The van der Waals surface area contributed by atoms with Crippen LogP contribution in [0, 0.1) is 17.3 Å². The van der Waals surface area contributed by atoms with E-state index in [1.54, 1.807) is 0 Å². The highest BCUT2D eigenvalue weighted by molar-refractivity contribution is 5.16. The van der Waals surface area contributed by atoms with Gasteiger partial charge in [-0.1, -0.05) is 19.1 Å². The minimum absolute atomic E-state index is 0.472. The van der Waals surface area contributed by atoms with E-state index in [4.69, 9.17) is 4.74 Å². The zero-order chi connectivity index (χ0) is 8.60. The zero-order valence-corrected chi connectivity index (χ0v) is 8.05. The van der Waals surface area contributed by atoms with Crippen LogP contribution < -0.4 is 0 Å². The van der Waals surface area contributed by atoms with Crippen LogP contribution in [0.25, 0.3) is 0 Å². The quantitative estimate of drug-likeness (QED) is 0.586. The van der Waals surface area contributed by atoms with Gasteiger partial charge in [0.15, 0.2) is 0 Å². The third-order valence-corrected chi connectivity index (χ3v) is 3.49. The van der Waals surface area contributed by atoms with Crippen LogP contribution in [0.3, 0.4) is 0 Å². The maximum Gasteiger partial charge on any atom is 0.0502 e. The molecular formula is C11H18O. The van der Waals surface area contributed by atoms with E-state index in [1.165, 1.54) is 12.8 Å². The molecule has 2 bridgehead atoms. The van der Waals surface area contributed by atoms with Gasteiger partial charge in [-0.25, -0.2) is 0 Å². The second-order valence-electron chi connectivity index (χ2n) is 4.42. The van der Waals surface area contributed by atoms with Crippen LogP contribution in [-0.2, 0) is 4.74 Å². The van der Waals surface area contributed by atoms with Crippen LogP contribution in [0.1, 0.15) is 26.7 Å². The predicted molar refractivity (Wildman–Crippen MR) is 50.0 cm³/mol. The molecule has 0 radical (unpaired) electrons. The Morgan fingerprint density at radius 1 is 1.58 bits per heavy atom. The van der Waals surface area contributed by atoms with E-state index in [0.717, 1.165) is 25.0 Å². The Kier molecular flexibility index (Phi) is 1.99. The third kappa shape index (κ3) is 1.20. The van der Waals surface area contributed by atoms with E-state index in [1.807, 2.05) is 0 Å². The molecule has 0 heterocycles. The maximum absolute atomic E-state index is 5.50. The molecule has 2 aliphatic carbocycles. The minimum Gasteiger partial charge on any atom is -0.381 e. The molecule has 0 saturated heterocycles. The molecule has 0 aliphatic heterocycles. The molecule has 2 rings (SSSR count). The molecule has 0 spiro atoms. The summed E-state index contributed by atoms with van der Waals surface area (Å²) in [5, 5.41) is 0. The Morgan fingerprint density at radius 3 is 2.92 bits per heavy atom. The summed E-state index contributed by atoms with van der Waals surface area (Å²) in [7, 11) is 0. The maximum atomic E-state index is 5.50. The van der Waals surface area contributed by atoms with Crippen molar-refractivity contribution in [1.29, 1.82) is 0 Å². The fourth-order valence-corrected chi connectivity index (χ4v) is 2.67. The Labute approximate surface area is 74.8 Å². The van der Waals surface area contributed by atoms with E-state index >= 15 is 0 Å². The van der Waals surface area contributed by atoms with Crippen molar-refractivity contribution in [3.05, 3.63) is 12.2 Å². The monoisotopic (exact) mass is 166 g/mol. The highest BCUT2D eigenvalue weighted by Gasteiger charge is 2.44. The average Bonchev–Trinajstić information content (AvgIpc) is 2.55. The lowest BCUT2D eigenvalue weighted by Gasteiger charge is -2.27. The number of hydrogen-bond donors (Lipinski definition) is 0. The van der Waals surface area contributed by atoms with Crippen molar-refractivity contribution in [2.24, 2.45) is 17.3 Å². The van der Waals surface area contributed by atoms with Crippen molar-refractivity contribution in [2.45, 2.75) is 26.7 Å². The lowest BCUT2D eigenvalue weighted by Crippen LogP contribution is -2.23. The first-order valence-corrected chi connectivity index (χ1v) is 5.02. The van der Waals surface area contributed by atoms with Gasteiger partial charge in [0.1, 0.15) is 0 Å². The molecular weight excluding hydrogens is 148 g/mol. The third-order valence-electron chi connectivity index (χ3n) is 3.49. The molecule has 3 unspecified atom stereocenters. The van der Waals surface area contributed by atoms with Crippen molar-refractivity contribution < 1.29 is 4.74 Å². The van der Waals surface area contributed by atoms with Gasteiger partial charge < -0.3 is 4.74 Å². The van der Waals surface area contributed by atoms with Gasteiger partial charge >= 0.3 is 0 Å². The van der Waals surface area contributed by atoms with Gasteiger partial charge in [-0.2, -0.15) is 0 Å². The smallest absolute Gasteiger partial charge is 0.0502 e. The molecule has 0 aromatic rings. The lowest BCUT2D eigenvalue weighted by atomic mass is 9.80. The van der Waals surface area contributed by atoms with Crippen LogP contribution >= 0.6 is 0 Å². The summed E-state index contributed by atoms with van der Waals surface area (Å²) in [6, 6.07) is 0. The summed E-state index contributed by atoms with van der Waals surface area (Å²) in [5.41, 5.74) is 0.472. The summed E-state index contributed by atoms with van der Waals surface area (Å²) in [6.45, 7) is 6.28. The highest BCUT2D eigenvalue weighted by atomic mass is 16.5. The number of ether oxygens (including phenoxy) is 1. The Bertz CT molecular complexity index is 197. The van der Waals surface area contributed by atoms with Crippen LogP contribution in [0.2, 0.25) is 0 Å². The number of rotatable bonds is 3. The molecule has 12 heavy (non-hydrogen) atoms. The molecule has 68 valence electrons. The first kappa shape index (κ1) is 8.31. The Balaban J connectivity index is 1.97. The van der Waals surface area contributed by atoms with E-state index in [0.29, 0.717) is 5.41 Å². The van der Waals surface area contributed by atoms with E-state index in [-0.39, 0.29) is 0 Å². The van der Waals surface area contributed by atoms with Gasteiger partial charge in [-0.15, -0.1) is 0 Å². The second kappa shape index (κ2) is 2.88. The van der Waals surface area contributed by atoms with E-state index < -0.39 is 0 Å². The Hall–Kier alpha value is -0.300. The summed E-state index contributed by atoms with van der Waals surface area (Å²) in [6.07, 6.45) is 7.52. The average molecular weight is 166 g/mol. The number of fused-ring (bicyclic) bond motifs is 2. The standard InChI is InChI=1S/C11H18O/c1-3-12-8-10-6-9-4-5-11(10,2)7-9/h4-5,9-10H,3,6-8H2,1-2H3. The largest absolute Gasteiger partial charge is 0.381 e. The highest BCUT2D eigenvalue weighted by Crippen LogP contribution is 2.52. The van der Waals surface area contributed by atoms with Gasteiger partial charge in [-0.05, 0) is 37.0 Å². The van der Waals surface area contributed by atoms with Crippen molar-refractivity contribution in [3.63, 3.8) is 0 Å². The fourth-order valence-electron chi connectivity index (χ4n) is 2.67. The fraction of sp³-hybridized carbons (Fsp3) is 0.818. The molecule has 2 aliphatic rings. The predicted octanol–water partition coefficient (Wildman–Crippen LogP) is 2.63.